The third-order valence-corrected chi connectivity index (χ3v) is 6.28. The van der Waals surface area contributed by atoms with Gasteiger partial charge < -0.3 is 14.1 Å². The molecule has 0 unspecified atom stereocenters. The zero-order valence-electron chi connectivity index (χ0n) is 15.2. The molecular formula is C20H21N3O3S. The molecule has 140 valence electrons. The third-order valence-electron chi connectivity index (χ3n) is 5.34. The summed E-state index contributed by atoms with van der Waals surface area (Å²) in [5.41, 5.74) is 2.57. The number of fused-ring (bicyclic) bond motifs is 2. The molecule has 27 heavy (non-hydrogen) atoms. The van der Waals surface area contributed by atoms with Crippen molar-refractivity contribution in [1.82, 2.24) is 14.9 Å². The zero-order chi connectivity index (χ0) is 18.4. The quantitative estimate of drug-likeness (QED) is 0.675. The minimum atomic E-state index is 0.0456. The second-order valence-corrected chi connectivity index (χ2v) is 8.44. The van der Waals surface area contributed by atoms with Gasteiger partial charge in [-0.05, 0) is 38.0 Å². The van der Waals surface area contributed by atoms with Crippen molar-refractivity contribution in [1.29, 1.82) is 0 Å². The van der Waals surface area contributed by atoms with E-state index in [4.69, 9.17) is 14.1 Å². The van der Waals surface area contributed by atoms with E-state index in [1.54, 1.807) is 11.3 Å². The Bertz CT molecular complexity index is 1000. The number of hydrogen-bond acceptors (Lipinski definition) is 6. The number of hydrogen-bond donors (Lipinski definition) is 0. The van der Waals surface area contributed by atoms with Crippen molar-refractivity contribution in [3.05, 3.63) is 46.1 Å². The lowest BCUT2D eigenvalue weighted by Gasteiger charge is -2.25. The molecule has 6 nitrogen and oxygen atoms in total. The average Bonchev–Trinajstić information content (AvgIpc) is 3.29. The highest BCUT2D eigenvalue weighted by molar-refractivity contribution is 7.18. The summed E-state index contributed by atoms with van der Waals surface area (Å²) in [6.07, 6.45) is 2.63. The number of carbonyl (C=O) groups is 1. The number of oxazole rings is 1. The average molecular weight is 383 g/mol. The van der Waals surface area contributed by atoms with E-state index in [1.807, 2.05) is 30.0 Å². The number of carbonyl (C=O) groups excluding carboxylic acids is 1. The highest BCUT2D eigenvalue weighted by atomic mass is 32.1. The standard InChI is InChI=1S/C20H21N3O3S/c1-12-21-15-3-2-14(10-18(15)27-12)20(24)23-7-4-17-16(11-23)22-19(26-17)13-5-8-25-9-6-13/h2-3,10,13H,4-9,11H2,1H3. The molecule has 3 aromatic rings. The van der Waals surface area contributed by atoms with E-state index in [9.17, 15) is 4.79 Å². The summed E-state index contributed by atoms with van der Waals surface area (Å²) < 4.78 is 12.5. The smallest absolute Gasteiger partial charge is 0.254 e. The molecule has 1 fully saturated rings. The van der Waals surface area contributed by atoms with Gasteiger partial charge in [-0.15, -0.1) is 11.3 Å². The molecular weight excluding hydrogens is 362 g/mol. The van der Waals surface area contributed by atoms with Crippen LogP contribution in [0.25, 0.3) is 10.2 Å². The van der Waals surface area contributed by atoms with Crippen LogP contribution in [0, 0.1) is 6.92 Å². The molecule has 0 radical (unpaired) electrons. The molecule has 0 spiro atoms. The minimum absolute atomic E-state index is 0.0456. The van der Waals surface area contributed by atoms with Gasteiger partial charge in [0.05, 0.1) is 21.8 Å². The minimum Gasteiger partial charge on any atom is -0.445 e. The fraction of sp³-hybridized carbons (Fsp3) is 0.450. The molecule has 1 amide bonds. The van der Waals surface area contributed by atoms with E-state index in [0.29, 0.717) is 24.6 Å². The van der Waals surface area contributed by atoms with E-state index in [1.165, 1.54) is 0 Å². The lowest BCUT2D eigenvalue weighted by atomic mass is 10.0. The maximum atomic E-state index is 13.0. The van der Waals surface area contributed by atoms with Crippen LogP contribution < -0.4 is 0 Å². The molecule has 7 heteroatoms. The maximum Gasteiger partial charge on any atom is 0.254 e. The molecule has 0 saturated carbocycles. The summed E-state index contributed by atoms with van der Waals surface area (Å²) >= 11 is 1.62. The SMILES string of the molecule is Cc1nc2ccc(C(=O)N3CCc4oc(C5CCOCC5)nc4C3)cc2s1. The number of aryl methyl sites for hydroxylation is 1. The van der Waals surface area contributed by atoms with Gasteiger partial charge in [0.25, 0.3) is 5.91 Å². The zero-order valence-corrected chi connectivity index (χ0v) is 16.1. The van der Waals surface area contributed by atoms with Crippen LogP contribution in [-0.4, -0.2) is 40.5 Å². The fourth-order valence-corrected chi connectivity index (χ4v) is 4.73. The van der Waals surface area contributed by atoms with Crippen LogP contribution in [0.5, 0.6) is 0 Å². The van der Waals surface area contributed by atoms with Gasteiger partial charge in [-0.3, -0.25) is 4.79 Å². The predicted octanol–water partition coefficient (Wildman–Crippen LogP) is 3.69. The Labute approximate surface area is 161 Å². The first kappa shape index (κ1) is 16.9. The van der Waals surface area contributed by atoms with E-state index < -0.39 is 0 Å². The third kappa shape index (κ3) is 3.15. The van der Waals surface area contributed by atoms with Gasteiger partial charge in [0.15, 0.2) is 5.89 Å². The molecule has 2 aliphatic rings. The van der Waals surface area contributed by atoms with Crippen LogP contribution in [-0.2, 0) is 17.7 Å². The van der Waals surface area contributed by atoms with Crippen molar-refractivity contribution in [2.75, 3.05) is 19.8 Å². The highest BCUT2D eigenvalue weighted by Gasteiger charge is 2.29. The Kier molecular flexibility index (Phi) is 4.21. The number of benzene rings is 1. The van der Waals surface area contributed by atoms with Crippen LogP contribution in [0.15, 0.2) is 22.6 Å². The number of aromatic nitrogens is 2. The fourth-order valence-electron chi connectivity index (χ4n) is 3.87. The number of ether oxygens (including phenoxy) is 1. The molecule has 0 bridgehead atoms. The topological polar surface area (TPSA) is 68.5 Å². The van der Waals surface area contributed by atoms with E-state index in [-0.39, 0.29) is 5.91 Å². The molecule has 5 rings (SSSR count). The first-order valence-electron chi connectivity index (χ1n) is 9.40. The lowest BCUT2D eigenvalue weighted by Crippen LogP contribution is -2.35. The van der Waals surface area contributed by atoms with E-state index in [0.717, 1.165) is 65.0 Å². The molecule has 4 heterocycles. The van der Waals surface area contributed by atoms with Gasteiger partial charge in [-0.2, -0.15) is 0 Å². The second-order valence-electron chi connectivity index (χ2n) is 7.20. The van der Waals surface area contributed by atoms with Crippen LogP contribution in [0.3, 0.4) is 0 Å². The molecule has 2 aromatic heterocycles. The van der Waals surface area contributed by atoms with Crippen molar-refractivity contribution in [2.45, 2.75) is 38.6 Å². The van der Waals surface area contributed by atoms with Crippen LogP contribution in [0.4, 0.5) is 0 Å². The Morgan fingerprint density at radius 1 is 1.26 bits per heavy atom. The molecule has 1 saturated heterocycles. The summed E-state index contributed by atoms with van der Waals surface area (Å²) in [4.78, 5) is 24.1. The van der Waals surface area contributed by atoms with Gasteiger partial charge in [0.2, 0.25) is 0 Å². The predicted molar refractivity (Wildman–Crippen MR) is 102 cm³/mol. The second kappa shape index (κ2) is 6.73. The summed E-state index contributed by atoms with van der Waals surface area (Å²) in [5, 5.41) is 1.01. The van der Waals surface area contributed by atoms with Gasteiger partial charge >= 0.3 is 0 Å². The molecule has 0 N–H and O–H groups in total. The van der Waals surface area contributed by atoms with Crippen LogP contribution >= 0.6 is 11.3 Å². The molecule has 1 aromatic carbocycles. The summed E-state index contributed by atoms with van der Waals surface area (Å²) in [5.74, 6) is 2.14. The van der Waals surface area contributed by atoms with Crippen molar-refractivity contribution in [3.8, 4) is 0 Å². The Balaban J connectivity index is 1.36. The van der Waals surface area contributed by atoms with Crippen LogP contribution in [0.2, 0.25) is 0 Å². The van der Waals surface area contributed by atoms with E-state index >= 15 is 0 Å². The van der Waals surface area contributed by atoms with Crippen molar-refractivity contribution in [2.24, 2.45) is 0 Å². The van der Waals surface area contributed by atoms with E-state index in [2.05, 4.69) is 4.98 Å². The number of thiazole rings is 1. The van der Waals surface area contributed by atoms with Crippen molar-refractivity contribution >= 4 is 27.5 Å². The molecule has 2 aliphatic heterocycles. The van der Waals surface area contributed by atoms with Gasteiger partial charge in [-0.25, -0.2) is 9.97 Å². The first-order chi connectivity index (χ1) is 13.2. The van der Waals surface area contributed by atoms with Gasteiger partial charge in [0, 0.05) is 37.7 Å². The Morgan fingerprint density at radius 3 is 2.96 bits per heavy atom. The van der Waals surface area contributed by atoms with Crippen molar-refractivity contribution < 1.29 is 13.9 Å². The van der Waals surface area contributed by atoms with Crippen LogP contribution in [0.1, 0.15) is 51.5 Å². The number of amides is 1. The summed E-state index contributed by atoms with van der Waals surface area (Å²) in [7, 11) is 0. The lowest BCUT2D eigenvalue weighted by molar-refractivity contribution is 0.0726. The number of nitrogens with zero attached hydrogens (tertiary/aromatic N) is 3. The highest BCUT2D eigenvalue weighted by Crippen LogP contribution is 2.30. The Hall–Kier alpha value is -2.25. The summed E-state index contributed by atoms with van der Waals surface area (Å²) in [6.45, 7) is 4.69. The van der Waals surface area contributed by atoms with Gasteiger partial charge in [-0.1, -0.05) is 0 Å². The normalized spacial score (nSPS) is 18.0. The van der Waals surface area contributed by atoms with Crippen molar-refractivity contribution in [3.63, 3.8) is 0 Å². The monoisotopic (exact) mass is 383 g/mol. The molecule has 0 atom stereocenters. The summed E-state index contributed by atoms with van der Waals surface area (Å²) in [6, 6.07) is 5.75. The maximum absolute atomic E-state index is 13.0. The first-order valence-corrected chi connectivity index (χ1v) is 10.2. The largest absolute Gasteiger partial charge is 0.445 e. The van der Waals surface area contributed by atoms with Gasteiger partial charge in [0.1, 0.15) is 11.5 Å². The number of rotatable bonds is 2. The molecule has 0 aliphatic carbocycles. The Morgan fingerprint density at radius 2 is 2.11 bits per heavy atom.